The van der Waals surface area contributed by atoms with Gasteiger partial charge in [0.1, 0.15) is 0 Å². The number of hydrogen-bond donors (Lipinski definition) is 2. The Hall–Kier alpha value is -0.430. The summed E-state index contributed by atoms with van der Waals surface area (Å²) in [6.07, 6.45) is 0.934. The fraction of sp³-hybridized carbons (Fsp3) is 0.600. The largest absolute Gasteiger partial charge is 0.316 e. The van der Waals surface area contributed by atoms with E-state index in [1.54, 1.807) is 6.07 Å². The van der Waals surface area contributed by atoms with E-state index in [1.165, 1.54) is 0 Å². The maximum Gasteiger partial charge on any atom is 0.241 e. The SMILES string of the molecule is CCC(C)C(C)NS(=O)(=O)c1cc(CNC)cc(C)c1Br. The van der Waals surface area contributed by atoms with E-state index < -0.39 is 10.0 Å². The van der Waals surface area contributed by atoms with Crippen LogP contribution < -0.4 is 10.0 Å². The molecule has 0 aliphatic heterocycles. The third-order valence-electron chi connectivity index (χ3n) is 3.79. The lowest BCUT2D eigenvalue weighted by atomic mass is 10.0. The quantitative estimate of drug-likeness (QED) is 0.767. The Labute approximate surface area is 136 Å². The van der Waals surface area contributed by atoms with Crippen molar-refractivity contribution in [3.63, 3.8) is 0 Å². The number of hydrogen-bond acceptors (Lipinski definition) is 3. The van der Waals surface area contributed by atoms with Gasteiger partial charge >= 0.3 is 0 Å². The molecule has 2 N–H and O–H groups in total. The van der Waals surface area contributed by atoms with Crippen LogP contribution in [-0.4, -0.2) is 21.5 Å². The highest BCUT2D eigenvalue weighted by Crippen LogP contribution is 2.28. The molecule has 1 rings (SSSR count). The lowest BCUT2D eigenvalue weighted by Gasteiger charge is -2.21. The molecular weight excluding hydrogens is 352 g/mol. The molecule has 120 valence electrons. The minimum absolute atomic E-state index is 0.0971. The molecule has 0 fully saturated rings. The third kappa shape index (κ3) is 4.77. The smallest absolute Gasteiger partial charge is 0.241 e. The third-order valence-corrected chi connectivity index (χ3v) is 6.69. The van der Waals surface area contributed by atoms with Crippen molar-refractivity contribution in [2.75, 3.05) is 7.05 Å². The van der Waals surface area contributed by atoms with Crippen molar-refractivity contribution >= 4 is 26.0 Å². The van der Waals surface area contributed by atoms with Crippen LogP contribution in [0.4, 0.5) is 0 Å². The highest BCUT2D eigenvalue weighted by Gasteiger charge is 2.23. The van der Waals surface area contributed by atoms with Crippen molar-refractivity contribution < 1.29 is 8.42 Å². The first-order valence-electron chi connectivity index (χ1n) is 7.18. The molecule has 0 saturated heterocycles. The van der Waals surface area contributed by atoms with Gasteiger partial charge in [-0.2, -0.15) is 0 Å². The number of halogens is 1. The van der Waals surface area contributed by atoms with Gasteiger partial charge in [-0.15, -0.1) is 0 Å². The zero-order valence-corrected chi connectivity index (χ0v) is 15.7. The summed E-state index contributed by atoms with van der Waals surface area (Å²) in [5.74, 6) is 0.292. The lowest BCUT2D eigenvalue weighted by Crippen LogP contribution is -2.37. The van der Waals surface area contributed by atoms with Crippen LogP contribution in [0.3, 0.4) is 0 Å². The van der Waals surface area contributed by atoms with Crippen molar-refractivity contribution in [2.24, 2.45) is 5.92 Å². The average Bonchev–Trinajstić information content (AvgIpc) is 2.41. The van der Waals surface area contributed by atoms with Crippen LogP contribution in [0.1, 0.15) is 38.3 Å². The summed E-state index contributed by atoms with van der Waals surface area (Å²) in [4.78, 5) is 0.308. The molecule has 2 atom stereocenters. The summed E-state index contributed by atoms with van der Waals surface area (Å²) in [6, 6.07) is 3.61. The van der Waals surface area contributed by atoms with Gasteiger partial charge in [0.05, 0.1) is 4.90 Å². The van der Waals surface area contributed by atoms with Crippen LogP contribution in [0.15, 0.2) is 21.5 Å². The van der Waals surface area contributed by atoms with Gasteiger partial charge < -0.3 is 5.32 Å². The molecular formula is C15H25BrN2O2S. The first-order valence-corrected chi connectivity index (χ1v) is 9.46. The molecule has 0 aliphatic rings. The van der Waals surface area contributed by atoms with E-state index in [0.29, 0.717) is 21.8 Å². The van der Waals surface area contributed by atoms with E-state index >= 15 is 0 Å². The van der Waals surface area contributed by atoms with E-state index in [9.17, 15) is 8.42 Å². The van der Waals surface area contributed by atoms with Crippen LogP contribution in [0.25, 0.3) is 0 Å². The maximum absolute atomic E-state index is 12.6. The monoisotopic (exact) mass is 376 g/mol. The van der Waals surface area contributed by atoms with Gasteiger partial charge in [0.2, 0.25) is 10.0 Å². The van der Waals surface area contributed by atoms with Crippen LogP contribution in [0.2, 0.25) is 0 Å². The normalized spacial score (nSPS) is 15.0. The number of sulfonamides is 1. The molecule has 1 aromatic rings. The first kappa shape index (κ1) is 18.6. The van der Waals surface area contributed by atoms with E-state index in [4.69, 9.17) is 0 Å². The predicted octanol–water partition coefficient (Wildman–Crippen LogP) is 3.19. The summed E-state index contributed by atoms with van der Waals surface area (Å²) in [5.41, 5.74) is 1.87. The van der Waals surface area contributed by atoms with Crippen molar-refractivity contribution in [3.05, 3.63) is 27.7 Å². The highest BCUT2D eigenvalue weighted by atomic mass is 79.9. The predicted molar refractivity (Wildman–Crippen MR) is 90.9 cm³/mol. The summed E-state index contributed by atoms with van der Waals surface area (Å²) in [7, 11) is -1.69. The van der Waals surface area contributed by atoms with Gasteiger partial charge in [0.25, 0.3) is 0 Å². The maximum atomic E-state index is 12.6. The van der Waals surface area contributed by atoms with Crippen molar-refractivity contribution in [1.82, 2.24) is 10.0 Å². The summed E-state index contributed by atoms with van der Waals surface area (Å²) in [5, 5.41) is 3.05. The van der Waals surface area contributed by atoms with Gasteiger partial charge in [-0.1, -0.05) is 26.3 Å². The second kappa shape index (κ2) is 7.72. The van der Waals surface area contributed by atoms with E-state index in [2.05, 4.69) is 32.9 Å². The summed E-state index contributed by atoms with van der Waals surface area (Å²) >= 11 is 3.41. The van der Waals surface area contributed by atoms with Crippen molar-refractivity contribution in [1.29, 1.82) is 0 Å². The van der Waals surface area contributed by atoms with E-state index in [0.717, 1.165) is 17.5 Å². The van der Waals surface area contributed by atoms with E-state index in [1.807, 2.05) is 33.9 Å². The fourth-order valence-corrected chi connectivity index (χ4v) is 4.51. The second-order valence-corrected chi connectivity index (χ2v) is 8.03. The Balaban J connectivity index is 3.18. The van der Waals surface area contributed by atoms with Gasteiger partial charge in [-0.25, -0.2) is 13.1 Å². The van der Waals surface area contributed by atoms with Crippen LogP contribution in [0.5, 0.6) is 0 Å². The van der Waals surface area contributed by atoms with Crippen LogP contribution in [-0.2, 0) is 16.6 Å². The molecule has 6 heteroatoms. The summed E-state index contributed by atoms with van der Waals surface area (Å²) < 4.78 is 28.7. The van der Waals surface area contributed by atoms with Gasteiger partial charge in [0.15, 0.2) is 0 Å². The molecule has 0 aromatic heterocycles. The molecule has 0 aliphatic carbocycles. The molecule has 2 unspecified atom stereocenters. The van der Waals surface area contributed by atoms with E-state index in [-0.39, 0.29) is 6.04 Å². The first-order chi connectivity index (χ1) is 9.72. The molecule has 0 spiro atoms. The van der Waals surface area contributed by atoms with Crippen molar-refractivity contribution in [2.45, 2.75) is 51.6 Å². The zero-order chi connectivity index (χ0) is 16.2. The topological polar surface area (TPSA) is 58.2 Å². The Morgan fingerprint density at radius 1 is 1.29 bits per heavy atom. The molecule has 4 nitrogen and oxygen atoms in total. The molecule has 0 bridgehead atoms. The molecule has 0 saturated carbocycles. The minimum atomic E-state index is -3.53. The lowest BCUT2D eigenvalue weighted by molar-refractivity contribution is 0.434. The van der Waals surface area contributed by atoms with Crippen LogP contribution in [0, 0.1) is 12.8 Å². The molecule has 0 radical (unpaired) electrons. The Morgan fingerprint density at radius 3 is 2.43 bits per heavy atom. The van der Waals surface area contributed by atoms with Gasteiger partial charge in [0, 0.05) is 17.1 Å². The highest BCUT2D eigenvalue weighted by molar-refractivity contribution is 9.10. The number of benzene rings is 1. The van der Waals surface area contributed by atoms with Crippen molar-refractivity contribution in [3.8, 4) is 0 Å². The molecule has 21 heavy (non-hydrogen) atoms. The van der Waals surface area contributed by atoms with Gasteiger partial charge in [-0.05, 0) is 59.9 Å². The standard InChI is InChI=1S/C15H25BrN2O2S/c1-6-10(2)12(4)18-21(19,20)14-8-13(9-17-5)7-11(3)15(14)16/h7-8,10,12,17-18H,6,9H2,1-5H3. The Kier molecular flexibility index (Phi) is 6.84. The van der Waals surface area contributed by atoms with Gasteiger partial charge in [-0.3, -0.25) is 0 Å². The fourth-order valence-electron chi connectivity index (χ4n) is 2.09. The molecule has 0 amide bonds. The molecule has 0 heterocycles. The molecule has 1 aromatic carbocycles. The number of aryl methyl sites for hydroxylation is 1. The minimum Gasteiger partial charge on any atom is -0.316 e. The summed E-state index contributed by atoms with van der Waals surface area (Å²) in [6.45, 7) is 8.55. The Morgan fingerprint density at radius 2 is 1.90 bits per heavy atom. The second-order valence-electron chi connectivity index (χ2n) is 5.55. The Bertz CT molecular complexity index is 588. The number of rotatable bonds is 7. The average molecular weight is 377 g/mol. The number of nitrogens with one attached hydrogen (secondary N) is 2. The van der Waals surface area contributed by atoms with Crippen LogP contribution >= 0.6 is 15.9 Å². The zero-order valence-electron chi connectivity index (χ0n) is 13.3.